The summed E-state index contributed by atoms with van der Waals surface area (Å²) >= 11 is 0. The fourth-order valence-corrected chi connectivity index (χ4v) is 2.26. The molecule has 0 saturated heterocycles. The molecule has 2 aromatic rings. The highest BCUT2D eigenvalue weighted by atomic mass is 15.1. The second-order valence-corrected chi connectivity index (χ2v) is 4.01. The highest BCUT2D eigenvalue weighted by Crippen LogP contribution is 2.32. The van der Waals surface area contributed by atoms with E-state index in [-0.39, 0.29) is 0 Å². The Hall–Kier alpha value is -1.76. The molecule has 0 aromatic heterocycles. The fraction of sp³-hybridized carbons (Fsp3) is 0.143. The molecule has 2 aromatic carbocycles. The lowest BCUT2D eigenvalue weighted by molar-refractivity contribution is 1.03. The maximum absolute atomic E-state index is 2.30. The Kier molecular flexibility index (Phi) is 1.78. The van der Waals surface area contributed by atoms with Crippen LogP contribution in [0, 0.1) is 0 Å². The van der Waals surface area contributed by atoms with E-state index in [9.17, 15) is 0 Å². The van der Waals surface area contributed by atoms with Crippen LogP contribution in [0.4, 0.5) is 5.69 Å². The molecule has 1 aliphatic heterocycles. The topological polar surface area (TPSA) is 3.24 Å². The zero-order chi connectivity index (χ0) is 10.3. The predicted octanol–water partition coefficient (Wildman–Crippen LogP) is 3.30. The van der Waals surface area contributed by atoms with Crippen molar-refractivity contribution in [1.82, 2.24) is 0 Å². The molecule has 1 heterocycles. The summed E-state index contributed by atoms with van der Waals surface area (Å²) in [7, 11) is 2.15. The van der Waals surface area contributed by atoms with Crippen molar-refractivity contribution in [2.75, 3.05) is 18.5 Å². The van der Waals surface area contributed by atoms with Gasteiger partial charge in [-0.15, -0.1) is 0 Å². The number of anilines is 1. The number of fused-ring (bicyclic) bond motifs is 3. The molecule has 0 atom stereocenters. The second kappa shape index (κ2) is 3.13. The Morgan fingerprint density at radius 2 is 1.93 bits per heavy atom. The number of hydrogen-bond donors (Lipinski definition) is 0. The van der Waals surface area contributed by atoms with E-state index in [0.29, 0.717) is 0 Å². The monoisotopic (exact) mass is 195 g/mol. The Labute approximate surface area is 89.6 Å². The van der Waals surface area contributed by atoms with Gasteiger partial charge in [-0.1, -0.05) is 48.6 Å². The third kappa shape index (κ3) is 1.23. The fourth-order valence-electron chi connectivity index (χ4n) is 2.26. The van der Waals surface area contributed by atoms with Crippen LogP contribution in [0.5, 0.6) is 0 Å². The standard InChI is InChI=1S/C14H13N/c1-15-10-4-6-12-9-8-11-5-2-3-7-13(11)14(12)15/h2-9H,10H2,1H3. The van der Waals surface area contributed by atoms with Crippen molar-refractivity contribution in [1.29, 1.82) is 0 Å². The maximum atomic E-state index is 2.30. The zero-order valence-electron chi connectivity index (χ0n) is 8.77. The predicted molar refractivity (Wildman–Crippen MR) is 66.3 cm³/mol. The van der Waals surface area contributed by atoms with E-state index in [0.717, 1.165) is 6.54 Å². The molecule has 15 heavy (non-hydrogen) atoms. The van der Waals surface area contributed by atoms with Gasteiger partial charge in [0.05, 0.1) is 5.69 Å². The molecular weight excluding hydrogens is 182 g/mol. The number of nitrogens with zero attached hydrogens (tertiary/aromatic N) is 1. The highest BCUT2D eigenvalue weighted by Gasteiger charge is 2.11. The summed E-state index contributed by atoms with van der Waals surface area (Å²) in [5.74, 6) is 0. The van der Waals surface area contributed by atoms with Crippen LogP contribution < -0.4 is 4.90 Å². The van der Waals surface area contributed by atoms with Crippen molar-refractivity contribution in [3.8, 4) is 0 Å². The molecule has 0 unspecified atom stereocenters. The molecular formula is C14H13N. The Morgan fingerprint density at radius 1 is 1.07 bits per heavy atom. The molecule has 0 fully saturated rings. The van der Waals surface area contributed by atoms with Crippen molar-refractivity contribution >= 4 is 22.5 Å². The molecule has 0 bridgehead atoms. The molecule has 0 N–H and O–H groups in total. The summed E-state index contributed by atoms with van der Waals surface area (Å²) in [6, 6.07) is 13.0. The smallest absolute Gasteiger partial charge is 0.0519 e. The van der Waals surface area contributed by atoms with Crippen LogP contribution in [0.2, 0.25) is 0 Å². The lowest BCUT2D eigenvalue weighted by atomic mass is 10.0. The van der Waals surface area contributed by atoms with Crippen molar-refractivity contribution in [3.05, 3.63) is 48.0 Å². The number of likely N-dealkylation sites (N-methyl/N-ethyl adjacent to an activating group) is 1. The van der Waals surface area contributed by atoms with E-state index in [1.54, 1.807) is 0 Å². The number of benzene rings is 2. The van der Waals surface area contributed by atoms with E-state index in [1.807, 2.05) is 0 Å². The van der Waals surface area contributed by atoms with Gasteiger partial charge in [-0.25, -0.2) is 0 Å². The Morgan fingerprint density at radius 3 is 2.87 bits per heavy atom. The van der Waals surface area contributed by atoms with Gasteiger partial charge in [0, 0.05) is 19.0 Å². The lowest BCUT2D eigenvalue weighted by Gasteiger charge is -2.25. The van der Waals surface area contributed by atoms with E-state index in [2.05, 4.69) is 60.5 Å². The molecule has 1 heteroatoms. The average molecular weight is 195 g/mol. The highest BCUT2D eigenvalue weighted by molar-refractivity contribution is 5.99. The first-order valence-corrected chi connectivity index (χ1v) is 5.26. The molecule has 0 radical (unpaired) electrons. The minimum Gasteiger partial charge on any atom is -0.370 e. The molecule has 0 saturated carbocycles. The van der Waals surface area contributed by atoms with Gasteiger partial charge >= 0.3 is 0 Å². The van der Waals surface area contributed by atoms with Crippen LogP contribution in [-0.2, 0) is 0 Å². The zero-order valence-corrected chi connectivity index (χ0v) is 8.77. The second-order valence-electron chi connectivity index (χ2n) is 4.01. The molecule has 0 spiro atoms. The Balaban J connectivity index is 2.41. The first-order valence-electron chi connectivity index (χ1n) is 5.26. The van der Waals surface area contributed by atoms with Gasteiger partial charge < -0.3 is 4.90 Å². The summed E-state index contributed by atoms with van der Waals surface area (Å²) in [4.78, 5) is 2.30. The Bertz CT molecular complexity index is 540. The van der Waals surface area contributed by atoms with Gasteiger partial charge in [0.25, 0.3) is 0 Å². The third-order valence-corrected chi connectivity index (χ3v) is 2.99. The maximum Gasteiger partial charge on any atom is 0.0519 e. The number of rotatable bonds is 0. The minimum absolute atomic E-state index is 1.00. The van der Waals surface area contributed by atoms with Crippen molar-refractivity contribution in [2.45, 2.75) is 0 Å². The van der Waals surface area contributed by atoms with E-state index in [4.69, 9.17) is 0 Å². The van der Waals surface area contributed by atoms with E-state index in [1.165, 1.54) is 22.0 Å². The minimum atomic E-state index is 1.00. The van der Waals surface area contributed by atoms with Crippen molar-refractivity contribution in [2.24, 2.45) is 0 Å². The average Bonchev–Trinajstić information content (AvgIpc) is 2.29. The molecule has 74 valence electrons. The number of hydrogen-bond acceptors (Lipinski definition) is 1. The third-order valence-electron chi connectivity index (χ3n) is 2.99. The van der Waals surface area contributed by atoms with Crippen LogP contribution in [0.1, 0.15) is 5.56 Å². The van der Waals surface area contributed by atoms with Gasteiger partial charge in [0.15, 0.2) is 0 Å². The van der Waals surface area contributed by atoms with E-state index >= 15 is 0 Å². The lowest BCUT2D eigenvalue weighted by Crippen LogP contribution is -2.20. The van der Waals surface area contributed by atoms with Gasteiger partial charge in [0.2, 0.25) is 0 Å². The molecule has 0 amide bonds. The van der Waals surface area contributed by atoms with Crippen LogP contribution >= 0.6 is 0 Å². The summed E-state index contributed by atoms with van der Waals surface area (Å²) in [6.45, 7) is 1.00. The van der Waals surface area contributed by atoms with Gasteiger partial charge in [-0.3, -0.25) is 0 Å². The quantitative estimate of drug-likeness (QED) is 0.623. The van der Waals surface area contributed by atoms with Gasteiger partial charge in [0.1, 0.15) is 0 Å². The molecule has 0 aliphatic carbocycles. The van der Waals surface area contributed by atoms with Gasteiger partial charge in [-0.2, -0.15) is 0 Å². The summed E-state index contributed by atoms with van der Waals surface area (Å²) < 4.78 is 0. The van der Waals surface area contributed by atoms with Gasteiger partial charge in [-0.05, 0) is 10.9 Å². The molecule has 3 rings (SSSR count). The van der Waals surface area contributed by atoms with Crippen molar-refractivity contribution < 1.29 is 0 Å². The van der Waals surface area contributed by atoms with Crippen LogP contribution in [0.25, 0.3) is 16.8 Å². The first-order chi connectivity index (χ1) is 7.36. The van der Waals surface area contributed by atoms with Crippen LogP contribution in [0.15, 0.2) is 42.5 Å². The van der Waals surface area contributed by atoms with Crippen LogP contribution in [0.3, 0.4) is 0 Å². The normalized spacial score (nSPS) is 14.3. The SMILES string of the molecule is CN1CC=Cc2ccc3ccccc3c21. The molecule has 1 aliphatic rings. The first kappa shape index (κ1) is 8.54. The van der Waals surface area contributed by atoms with Crippen molar-refractivity contribution in [3.63, 3.8) is 0 Å². The summed E-state index contributed by atoms with van der Waals surface area (Å²) in [5, 5.41) is 2.67. The van der Waals surface area contributed by atoms with E-state index < -0.39 is 0 Å². The summed E-state index contributed by atoms with van der Waals surface area (Å²) in [6.07, 6.45) is 4.42. The largest absolute Gasteiger partial charge is 0.370 e. The molecule has 1 nitrogen and oxygen atoms in total. The summed E-state index contributed by atoms with van der Waals surface area (Å²) in [5.41, 5.74) is 2.68. The van der Waals surface area contributed by atoms with Crippen LogP contribution in [-0.4, -0.2) is 13.6 Å².